The maximum Gasteiger partial charge on any atom is 0.243 e. The maximum atomic E-state index is 12.9. The minimum atomic E-state index is -3.96. The summed E-state index contributed by atoms with van der Waals surface area (Å²) in [5, 5.41) is 2.79. The number of aryl methyl sites for hydroxylation is 1. The van der Waals surface area contributed by atoms with Crippen molar-refractivity contribution in [3.05, 3.63) is 48.0 Å². The second-order valence-electron chi connectivity index (χ2n) is 6.77. The summed E-state index contributed by atoms with van der Waals surface area (Å²) < 4.78 is 36.6. The van der Waals surface area contributed by atoms with Crippen molar-refractivity contribution in [1.82, 2.24) is 13.5 Å². The van der Waals surface area contributed by atoms with Gasteiger partial charge in [0.05, 0.1) is 11.7 Å². The predicted octanol–water partition coefficient (Wildman–Crippen LogP) is 3.20. The summed E-state index contributed by atoms with van der Waals surface area (Å²) >= 11 is 0.948. The molecule has 0 fully saturated rings. The highest BCUT2D eigenvalue weighted by Gasteiger charge is 2.30. The number of sulfonamides is 1. The monoisotopic (exact) mass is 418 g/mol. The molecule has 0 aliphatic carbocycles. The summed E-state index contributed by atoms with van der Waals surface area (Å²) in [6.07, 6.45) is 0.902. The third kappa shape index (κ3) is 4.37. The molecule has 7 nitrogen and oxygen atoms in total. The van der Waals surface area contributed by atoms with Crippen LogP contribution >= 0.6 is 11.7 Å². The lowest BCUT2D eigenvalue weighted by Crippen LogP contribution is -2.47. The highest BCUT2D eigenvalue weighted by atomic mass is 32.2. The van der Waals surface area contributed by atoms with E-state index in [1.165, 1.54) is 6.07 Å². The van der Waals surface area contributed by atoms with Crippen molar-refractivity contribution >= 4 is 44.4 Å². The van der Waals surface area contributed by atoms with Crippen molar-refractivity contribution in [3.63, 3.8) is 0 Å². The van der Waals surface area contributed by atoms with E-state index in [0.29, 0.717) is 16.7 Å². The Morgan fingerprint density at radius 2 is 1.82 bits per heavy atom. The van der Waals surface area contributed by atoms with Crippen LogP contribution in [-0.4, -0.2) is 29.1 Å². The third-order valence-corrected chi connectivity index (χ3v) is 6.41. The lowest BCUT2D eigenvalue weighted by Gasteiger charge is -2.21. The number of carbonyl (C=O) groups is 1. The Labute approximate surface area is 168 Å². The van der Waals surface area contributed by atoms with Gasteiger partial charge in [-0.05, 0) is 42.2 Å². The molecule has 0 saturated heterocycles. The van der Waals surface area contributed by atoms with Crippen molar-refractivity contribution in [2.75, 3.05) is 5.32 Å². The van der Waals surface area contributed by atoms with Crippen LogP contribution in [0.1, 0.15) is 26.3 Å². The molecule has 0 aliphatic heterocycles. The van der Waals surface area contributed by atoms with E-state index in [1.807, 2.05) is 24.3 Å². The summed E-state index contributed by atoms with van der Waals surface area (Å²) in [6, 6.07) is 11.3. The summed E-state index contributed by atoms with van der Waals surface area (Å²) in [4.78, 5) is 12.8. The first-order valence-electron chi connectivity index (χ1n) is 8.95. The summed E-state index contributed by atoms with van der Waals surface area (Å²) in [7, 11) is -3.96. The van der Waals surface area contributed by atoms with Gasteiger partial charge in [-0.1, -0.05) is 39.0 Å². The first-order valence-corrected chi connectivity index (χ1v) is 11.2. The van der Waals surface area contributed by atoms with Crippen LogP contribution in [0.4, 0.5) is 5.69 Å². The minimum Gasteiger partial charge on any atom is -0.325 e. The van der Waals surface area contributed by atoms with Gasteiger partial charge in [-0.25, -0.2) is 8.42 Å². The van der Waals surface area contributed by atoms with Gasteiger partial charge >= 0.3 is 0 Å². The lowest BCUT2D eigenvalue weighted by molar-refractivity contribution is -0.118. The number of amides is 1. The molecule has 3 aromatic rings. The second-order valence-corrected chi connectivity index (χ2v) is 8.98. The Morgan fingerprint density at radius 3 is 2.46 bits per heavy atom. The van der Waals surface area contributed by atoms with Gasteiger partial charge < -0.3 is 5.32 Å². The Balaban J connectivity index is 1.83. The highest BCUT2D eigenvalue weighted by Crippen LogP contribution is 2.22. The van der Waals surface area contributed by atoms with Gasteiger partial charge in [-0.2, -0.15) is 13.5 Å². The standard InChI is InChI=1S/C19H22N4O3S2/c1-4-13-8-10-14(11-9-13)20-19(24)17(12(2)3)23-28(25,26)16-7-5-6-15-18(16)22-27-21-15/h5-12,17,23H,4H2,1-3H3,(H,20,24). The molecule has 0 spiro atoms. The molecule has 0 aliphatic rings. The van der Waals surface area contributed by atoms with E-state index in [0.717, 1.165) is 23.7 Å². The van der Waals surface area contributed by atoms with Gasteiger partial charge in [0, 0.05) is 5.69 Å². The molecular formula is C19H22N4O3S2. The summed E-state index contributed by atoms with van der Waals surface area (Å²) in [6.45, 7) is 5.63. The lowest BCUT2D eigenvalue weighted by atomic mass is 10.0. The normalized spacial score (nSPS) is 13.0. The maximum absolute atomic E-state index is 12.9. The molecular weight excluding hydrogens is 396 g/mol. The number of benzene rings is 2. The van der Waals surface area contributed by atoms with Gasteiger partial charge in [0.15, 0.2) is 0 Å². The molecule has 1 heterocycles. The van der Waals surface area contributed by atoms with Crippen molar-refractivity contribution in [3.8, 4) is 0 Å². The van der Waals surface area contributed by atoms with E-state index < -0.39 is 22.0 Å². The number of hydrogen-bond donors (Lipinski definition) is 2. The fraction of sp³-hybridized carbons (Fsp3) is 0.316. The van der Waals surface area contributed by atoms with Crippen LogP contribution < -0.4 is 10.0 Å². The van der Waals surface area contributed by atoms with Crippen LogP contribution in [0.25, 0.3) is 11.0 Å². The molecule has 28 heavy (non-hydrogen) atoms. The number of hydrogen-bond acceptors (Lipinski definition) is 6. The van der Waals surface area contributed by atoms with Crippen LogP contribution in [0.3, 0.4) is 0 Å². The quantitative estimate of drug-likeness (QED) is 0.614. The Hall–Kier alpha value is -2.36. The van der Waals surface area contributed by atoms with E-state index in [-0.39, 0.29) is 10.8 Å². The van der Waals surface area contributed by atoms with Crippen LogP contribution in [-0.2, 0) is 21.2 Å². The zero-order valence-corrected chi connectivity index (χ0v) is 17.5. The van der Waals surface area contributed by atoms with Gasteiger partial charge in [-0.3, -0.25) is 4.79 Å². The zero-order chi connectivity index (χ0) is 20.3. The Bertz CT molecular complexity index is 1080. The zero-order valence-electron chi connectivity index (χ0n) is 15.8. The number of carbonyl (C=O) groups excluding carboxylic acids is 1. The molecule has 0 radical (unpaired) electrons. The first kappa shape index (κ1) is 20.4. The van der Waals surface area contributed by atoms with Gasteiger partial charge in [0.25, 0.3) is 0 Å². The molecule has 0 bridgehead atoms. The van der Waals surface area contributed by atoms with Crippen LogP contribution in [0.5, 0.6) is 0 Å². The molecule has 1 atom stereocenters. The molecule has 3 rings (SSSR count). The number of rotatable bonds is 7. The molecule has 9 heteroatoms. The summed E-state index contributed by atoms with van der Waals surface area (Å²) in [5.41, 5.74) is 2.59. The molecule has 1 unspecified atom stereocenters. The van der Waals surface area contributed by atoms with E-state index >= 15 is 0 Å². The molecule has 2 aromatic carbocycles. The number of nitrogens with one attached hydrogen (secondary N) is 2. The molecule has 2 N–H and O–H groups in total. The van der Waals surface area contributed by atoms with E-state index in [2.05, 4.69) is 25.7 Å². The molecule has 0 saturated carbocycles. The Kier molecular flexibility index (Phi) is 6.07. The van der Waals surface area contributed by atoms with E-state index in [1.54, 1.807) is 26.0 Å². The number of fused-ring (bicyclic) bond motifs is 1. The number of anilines is 1. The van der Waals surface area contributed by atoms with Crippen molar-refractivity contribution in [2.45, 2.75) is 38.1 Å². The first-order chi connectivity index (χ1) is 13.3. The number of nitrogens with zero attached hydrogens (tertiary/aromatic N) is 2. The van der Waals surface area contributed by atoms with Gasteiger partial charge in [0.1, 0.15) is 22.0 Å². The largest absolute Gasteiger partial charge is 0.325 e. The van der Waals surface area contributed by atoms with Gasteiger partial charge in [-0.15, -0.1) is 0 Å². The van der Waals surface area contributed by atoms with Crippen LogP contribution in [0.2, 0.25) is 0 Å². The molecule has 1 amide bonds. The fourth-order valence-electron chi connectivity index (χ4n) is 2.77. The molecule has 148 valence electrons. The average Bonchev–Trinajstić information content (AvgIpc) is 3.15. The van der Waals surface area contributed by atoms with Crippen molar-refractivity contribution < 1.29 is 13.2 Å². The highest BCUT2D eigenvalue weighted by molar-refractivity contribution is 7.89. The summed E-state index contributed by atoms with van der Waals surface area (Å²) in [5.74, 6) is -0.663. The topological polar surface area (TPSA) is 101 Å². The van der Waals surface area contributed by atoms with Crippen LogP contribution in [0, 0.1) is 5.92 Å². The Morgan fingerprint density at radius 1 is 1.11 bits per heavy atom. The smallest absolute Gasteiger partial charge is 0.243 e. The SMILES string of the molecule is CCc1ccc(NC(=O)C(NS(=O)(=O)c2cccc3nsnc23)C(C)C)cc1. The second kappa shape index (κ2) is 8.34. The van der Waals surface area contributed by atoms with Crippen molar-refractivity contribution in [1.29, 1.82) is 0 Å². The van der Waals surface area contributed by atoms with Crippen LogP contribution in [0.15, 0.2) is 47.4 Å². The third-order valence-electron chi connectivity index (χ3n) is 4.40. The van der Waals surface area contributed by atoms with Crippen molar-refractivity contribution in [2.24, 2.45) is 5.92 Å². The van der Waals surface area contributed by atoms with Gasteiger partial charge in [0.2, 0.25) is 15.9 Å². The predicted molar refractivity (Wildman–Crippen MR) is 111 cm³/mol. The van der Waals surface area contributed by atoms with E-state index in [4.69, 9.17) is 0 Å². The molecule has 1 aromatic heterocycles. The fourth-order valence-corrected chi connectivity index (χ4v) is 4.88. The van der Waals surface area contributed by atoms with E-state index in [9.17, 15) is 13.2 Å². The minimum absolute atomic E-state index is 0.0181. The number of aromatic nitrogens is 2. The average molecular weight is 419 g/mol.